The molecule has 1 aliphatic rings. The number of nitrogens with one attached hydrogen (secondary N) is 3. The average molecular weight is 185 g/mol. The fourth-order valence-electron chi connectivity index (χ4n) is 1.21. The molecule has 0 aromatic rings. The molecule has 1 aliphatic carbocycles. The lowest BCUT2D eigenvalue weighted by Gasteiger charge is -2.16. The van der Waals surface area contributed by atoms with Crippen molar-refractivity contribution < 1.29 is 0 Å². The smallest absolute Gasteiger partial charge is 0.0675 e. The van der Waals surface area contributed by atoms with Crippen LogP contribution in [-0.4, -0.2) is 19.3 Å². The quantitative estimate of drug-likeness (QED) is 0.302. The third-order valence-electron chi connectivity index (χ3n) is 2.38. The molecule has 1 fully saturated rings. The zero-order chi connectivity index (χ0) is 9.52. The highest BCUT2D eigenvalue weighted by Crippen LogP contribution is 2.27. The summed E-state index contributed by atoms with van der Waals surface area (Å²) in [4.78, 5) is 0. The van der Waals surface area contributed by atoms with Gasteiger partial charge in [-0.25, -0.2) is 5.43 Å². The van der Waals surface area contributed by atoms with Crippen molar-refractivity contribution in [3.8, 4) is 0 Å². The minimum absolute atomic E-state index is 0.387. The first-order valence-corrected chi connectivity index (χ1v) is 5.54. The van der Waals surface area contributed by atoms with E-state index in [2.05, 4.69) is 30.0 Å². The molecule has 0 saturated heterocycles. The minimum Gasteiger partial charge on any atom is -0.301 e. The molecule has 0 amide bonds. The van der Waals surface area contributed by atoms with Crippen LogP contribution >= 0.6 is 0 Å². The van der Waals surface area contributed by atoms with Gasteiger partial charge in [-0.05, 0) is 38.6 Å². The lowest BCUT2D eigenvalue weighted by Crippen LogP contribution is -2.48. The van der Waals surface area contributed by atoms with Crippen LogP contribution in [0.1, 0.15) is 39.5 Å². The summed E-state index contributed by atoms with van der Waals surface area (Å²) in [5.74, 6) is 0.958. The normalized spacial score (nSPS) is 18.9. The van der Waals surface area contributed by atoms with Crippen molar-refractivity contribution in [2.75, 3.05) is 13.1 Å². The molecule has 1 atom stereocenters. The lowest BCUT2D eigenvalue weighted by atomic mass is 10.3. The Kier molecular flexibility index (Phi) is 5.35. The Balaban J connectivity index is 1.81. The molecule has 3 heteroatoms. The second-order valence-corrected chi connectivity index (χ2v) is 4.00. The SMILES string of the molecule is CCCCNN[C@H](C)NCC1CC1. The summed E-state index contributed by atoms with van der Waals surface area (Å²) in [6.45, 7) is 6.59. The van der Waals surface area contributed by atoms with Gasteiger partial charge < -0.3 is 5.32 Å². The molecular formula is C10H23N3. The maximum absolute atomic E-state index is 3.45. The van der Waals surface area contributed by atoms with E-state index in [9.17, 15) is 0 Å². The molecule has 0 spiro atoms. The highest BCUT2D eigenvalue weighted by Gasteiger charge is 2.20. The number of hydrogen-bond acceptors (Lipinski definition) is 3. The molecule has 0 radical (unpaired) electrons. The van der Waals surface area contributed by atoms with Crippen LogP contribution in [0, 0.1) is 5.92 Å². The van der Waals surface area contributed by atoms with Crippen LogP contribution in [0.5, 0.6) is 0 Å². The van der Waals surface area contributed by atoms with Crippen molar-refractivity contribution in [3.63, 3.8) is 0 Å². The second kappa shape index (κ2) is 6.35. The Morgan fingerprint density at radius 2 is 2.15 bits per heavy atom. The summed E-state index contributed by atoms with van der Waals surface area (Å²) in [5, 5.41) is 3.45. The maximum atomic E-state index is 3.45. The van der Waals surface area contributed by atoms with E-state index in [1.165, 1.54) is 32.2 Å². The van der Waals surface area contributed by atoms with Crippen LogP contribution in [0.4, 0.5) is 0 Å². The molecule has 0 aliphatic heterocycles. The van der Waals surface area contributed by atoms with Crippen LogP contribution in [-0.2, 0) is 0 Å². The van der Waals surface area contributed by atoms with E-state index in [-0.39, 0.29) is 0 Å². The third kappa shape index (κ3) is 6.02. The standard InChI is InChI=1S/C10H23N3/c1-3-4-7-12-13-9(2)11-8-10-5-6-10/h9-13H,3-8H2,1-2H3/t9-/m1/s1. The number of unbranched alkanes of at least 4 members (excludes halogenated alkanes) is 1. The highest BCUT2D eigenvalue weighted by atomic mass is 15.4. The van der Waals surface area contributed by atoms with Crippen molar-refractivity contribution in [3.05, 3.63) is 0 Å². The van der Waals surface area contributed by atoms with Crippen LogP contribution in [0.15, 0.2) is 0 Å². The van der Waals surface area contributed by atoms with Gasteiger partial charge in [0.25, 0.3) is 0 Å². The molecule has 0 unspecified atom stereocenters. The molecule has 0 bridgehead atoms. The van der Waals surface area contributed by atoms with Gasteiger partial charge in [-0.1, -0.05) is 13.3 Å². The van der Waals surface area contributed by atoms with Crippen LogP contribution in [0.3, 0.4) is 0 Å². The highest BCUT2D eigenvalue weighted by molar-refractivity contribution is 4.76. The number of hydrazine groups is 1. The summed E-state index contributed by atoms with van der Waals surface area (Å²) in [5.41, 5.74) is 6.46. The van der Waals surface area contributed by atoms with Crippen LogP contribution in [0.2, 0.25) is 0 Å². The van der Waals surface area contributed by atoms with Gasteiger partial charge in [-0.2, -0.15) is 0 Å². The van der Waals surface area contributed by atoms with Crippen molar-refractivity contribution in [2.45, 2.75) is 45.7 Å². The van der Waals surface area contributed by atoms with Gasteiger partial charge in [-0.15, -0.1) is 0 Å². The monoisotopic (exact) mass is 185 g/mol. The Labute approximate surface area is 81.6 Å². The zero-order valence-electron chi connectivity index (χ0n) is 8.90. The molecule has 3 N–H and O–H groups in total. The summed E-state index contributed by atoms with van der Waals surface area (Å²) >= 11 is 0. The summed E-state index contributed by atoms with van der Waals surface area (Å²) < 4.78 is 0. The number of rotatable bonds is 8. The Hall–Kier alpha value is -0.120. The summed E-state index contributed by atoms with van der Waals surface area (Å²) in [6, 6.07) is 0. The topological polar surface area (TPSA) is 36.1 Å². The average Bonchev–Trinajstić information content (AvgIpc) is 2.92. The zero-order valence-corrected chi connectivity index (χ0v) is 8.90. The summed E-state index contributed by atoms with van der Waals surface area (Å²) in [6.07, 6.45) is 5.71. The lowest BCUT2D eigenvalue weighted by molar-refractivity contribution is 0.382. The molecular weight excluding hydrogens is 162 g/mol. The first-order valence-electron chi connectivity index (χ1n) is 5.54. The van der Waals surface area contributed by atoms with Crippen LogP contribution in [0.25, 0.3) is 0 Å². The first-order chi connectivity index (χ1) is 6.33. The minimum atomic E-state index is 0.387. The molecule has 13 heavy (non-hydrogen) atoms. The molecule has 0 aromatic heterocycles. The Bertz CT molecular complexity index is 123. The van der Waals surface area contributed by atoms with E-state index in [1.54, 1.807) is 0 Å². The van der Waals surface area contributed by atoms with E-state index in [4.69, 9.17) is 0 Å². The van der Waals surface area contributed by atoms with E-state index in [0.29, 0.717) is 6.17 Å². The van der Waals surface area contributed by atoms with Crippen molar-refractivity contribution in [1.29, 1.82) is 0 Å². The van der Waals surface area contributed by atoms with Crippen LogP contribution < -0.4 is 16.2 Å². The van der Waals surface area contributed by atoms with Crippen molar-refractivity contribution >= 4 is 0 Å². The van der Waals surface area contributed by atoms with Gasteiger partial charge in [-0.3, -0.25) is 5.43 Å². The van der Waals surface area contributed by atoms with E-state index in [0.717, 1.165) is 12.5 Å². The second-order valence-electron chi connectivity index (χ2n) is 4.00. The molecule has 78 valence electrons. The predicted octanol–water partition coefficient (Wildman–Crippen LogP) is 1.23. The fraction of sp³-hybridized carbons (Fsp3) is 1.00. The summed E-state index contributed by atoms with van der Waals surface area (Å²) in [7, 11) is 0. The fourth-order valence-corrected chi connectivity index (χ4v) is 1.21. The number of hydrogen-bond donors (Lipinski definition) is 3. The van der Waals surface area contributed by atoms with Gasteiger partial charge in [0.15, 0.2) is 0 Å². The third-order valence-corrected chi connectivity index (χ3v) is 2.38. The van der Waals surface area contributed by atoms with Gasteiger partial charge in [0.2, 0.25) is 0 Å². The van der Waals surface area contributed by atoms with E-state index in [1.807, 2.05) is 0 Å². The van der Waals surface area contributed by atoms with Gasteiger partial charge in [0.05, 0.1) is 6.17 Å². The molecule has 1 rings (SSSR count). The van der Waals surface area contributed by atoms with Crippen molar-refractivity contribution in [2.24, 2.45) is 5.92 Å². The van der Waals surface area contributed by atoms with Gasteiger partial charge in [0, 0.05) is 6.54 Å². The van der Waals surface area contributed by atoms with Crippen molar-refractivity contribution in [1.82, 2.24) is 16.2 Å². The molecule has 0 heterocycles. The molecule has 0 aromatic carbocycles. The molecule has 1 saturated carbocycles. The van der Waals surface area contributed by atoms with E-state index >= 15 is 0 Å². The largest absolute Gasteiger partial charge is 0.301 e. The van der Waals surface area contributed by atoms with E-state index < -0.39 is 0 Å². The van der Waals surface area contributed by atoms with Gasteiger partial charge in [0.1, 0.15) is 0 Å². The maximum Gasteiger partial charge on any atom is 0.0675 e. The Morgan fingerprint density at radius 1 is 1.38 bits per heavy atom. The van der Waals surface area contributed by atoms with Gasteiger partial charge >= 0.3 is 0 Å². The molecule has 3 nitrogen and oxygen atoms in total. The predicted molar refractivity (Wildman–Crippen MR) is 56.2 cm³/mol. The first kappa shape index (κ1) is 11.0. The Morgan fingerprint density at radius 3 is 2.77 bits per heavy atom.